The van der Waals surface area contributed by atoms with Crippen molar-refractivity contribution in [3.8, 4) is 11.5 Å². The number of fused-ring (bicyclic) bond motifs is 1. The van der Waals surface area contributed by atoms with Gasteiger partial charge in [0.05, 0.1) is 0 Å². The fourth-order valence-electron chi connectivity index (χ4n) is 3.64. The number of likely N-dealkylation sites (tertiary alicyclic amines) is 1. The first kappa shape index (κ1) is 18.1. The van der Waals surface area contributed by atoms with Gasteiger partial charge >= 0.3 is 0 Å². The van der Waals surface area contributed by atoms with E-state index in [1.807, 2.05) is 30.3 Å². The second-order valence-corrected chi connectivity index (χ2v) is 7.83. The summed E-state index contributed by atoms with van der Waals surface area (Å²) in [6.45, 7) is 5.66. The summed E-state index contributed by atoms with van der Waals surface area (Å²) in [4.78, 5) is 2.40. The summed E-state index contributed by atoms with van der Waals surface area (Å²) in [6.07, 6.45) is 1.01. The van der Waals surface area contributed by atoms with Gasteiger partial charge in [0.25, 0.3) is 0 Å². The normalized spacial score (nSPS) is 20.1. The summed E-state index contributed by atoms with van der Waals surface area (Å²) in [5.41, 5.74) is -0.170. The zero-order chi connectivity index (χ0) is 18.7. The number of benzene rings is 3. The van der Waals surface area contributed by atoms with Crippen LogP contribution in [0, 0.1) is 0 Å². The van der Waals surface area contributed by atoms with Crippen molar-refractivity contribution in [2.45, 2.75) is 18.9 Å². The van der Waals surface area contributed by atoms with Gasteiger partial charge in [0.1, 0.15) is 23.7 Å². The first-order valence-corrected chi connectivity index (χ1v) is 9.76. The molecule has 0 spiro atoms. The Morgan fingerprint density at radius 3 is 2.52 bits per heavy atom. The number of hydrogen-bond acceptors (Lipinski definition) is 3. The lowest BCUT2D eigenvalue weighted by molar-refractivity contribution is 0.0935. The monoisotopic (exact) mass is 381 g/mol. The fraction of sp³-hybridized carbons (Fsp3) is 0.304. The van der Waals surface area contributed by atoms with Crippen molar-refractivity contribution in [2.24, 2.45) is 0 Å². The number of ether oxygens (including phenoxy) is 2. The van der Waals surface area contributed by atoms with Gasteiger partial charge < -0.3 is 9.47 Å². The number of hydrogen-bond donors (Lipinski definition) is 0. The molecule has 1 fully saturated rings. The van der Waals surface area contributed by atoms with Gasteiger partial charge in [0, 0.05) is 31.1 Å². The summed E-state index contributed by atoms with van der Waals surface area (Å²) < 4.78 is 12.2. The van der Waals surface area contributed by atoms with Crippen LogP contribution in [0.4, 0.5) is 0 Å². The van der Waals surface area contributed by atoms with Crippen molar-refractivity contribution in [3.05, 3.63) is 71.8 Å². The van der Waals surface area contributed by atoms with E-state index in [9.17, 15) is 0 Å². The smallest absolute Gasteiger partial charge is 0.120 e. The minimum absolute atomic E-state index is 0.170. The van der Waals surface area contributed by atoms with Gasteiger partial charge in [-0.2, -0.15) is 0 Å². The van der Waals surface area contributed by atoms with E-state index in [1.54, 1.807) is 0 Å². The van der Waals surface area contributed by atoms with Crippen LogP contribution in [0.5, 0.6) is 11.5 Å². The van der Waals surface area contributed by atoms with Crippen molar-refractivity contribution >= 4 is 22.4 Å². The molecule has 0 amide bonds. The summed E-state index contributed by atoms with van der Waals surface area (Å²) in [5, 5.41) is 3.17. The molecule has 1 unspecified atom stereocenters. The third-order valence-electron chi connectivity index (χ3n) is 5.09. The Morgan fingerprint density at radius 1 is 0.963 bits per heavy atom. The standard InChI is InChI=1S/C23H24ClNO2/c1-23(27-21-10-7-20(24)8-11-21)12-13-25(17-23)14-15-26-22-9-6-18-4-2-3-5-19(18)16-22/h2-11,16H,12-15,17H2,1H3. The predicted octanol–water partition coefficient (Wildman–Crippen LogP) is 5.42. The number of halogens is 1. The maximum absolute atomic E-state index is 6.22. The molecule has 1 saturated heterocycles. The molecule has 0 saturated carbocycles. The molecular formula is C23H24ClNO2. The molecule has 1 aliphatic rings. The van der Waals surface area contributed by atoms with Crippen LogP contribution in [0.1, 0.15) is 13.3 Å². The average molecular weight is 382 g/mol. The molecule has 0 N–H and O–H groups in total. The Hall–Kier alpha value is -2.23. The minimum atomic E-state index is -0.170. The SMILES string of the molecule is CC1(Oc2ccc(Cl)cc2)CCN(CCOc2ccc3ccccc3c2)C1. The Labute approximate surface area is 165 Å². The van der Waals surface area contributed by atoms with Gasteiger partial charge in [0.2, 0.25) is 0 Å². The Kier molecular flexibility index (Phi) is 5.24. The third-order valence-corrected chi connectivity index (χ3v) is 5.34. The third kappa shape index (κ3) is 4.55. The van der Waals surface area contributed by atoms with Crippen molar-refractivity contribution in [2.75, 3.05) is 26.2 Å². The van der Waals surface area contributed by atoms with Crippen LogP contribution in [0.2, 0.25) is 5.02 Å². The molecule has 0 aromatic heterocycles. The van der Waals surface area contributed by atoms with Crippen LogP contribution >= 0.6 is 11.6 Å². The lowest BCUT2D eigenvalue weighted by atomic mass is 10.1. The molecular weight excluding hydrogens is 358 g/mol. The van der Waals surface area contributed by atoms with Gasteiger partial charge in [-0.3, -0.25) is 4.90 Å². The van der Waals surface area contributed by atoms with Crippen molar-refractivity contribution in [1.29, 1.82) is 0 Å². The maximum Gasteiger partial charge on any atom is 0.120 e. The van der Waals surface area contributed by atoms with Crippen molar-refractivity contribution in [1.82, 2.24) is 4.90 Å². The predicted molar refractivity (Wildman–Crippen MR) is 111 cm³/mol. The Morgan fingerprint density at radius 2 is 1.70 bits per heavy atom. The van der Waals surface area contributed by atoms with Crippen LogP contribution in [0.15, 0.2) is 66.7 Å². The molecule has 3 nitrogen and oxygen atoms in total. The Bertz CT molecular complexity index is 912. The van der Waals surface area contributed by atoms with Gasteiger partial charge in [-0.05, 0) is 54.1 Å². The average Bonchev–Trinajstić information content (AvgIpc) is 3.04. The molecule has 4 rings (SSSR count). The van der Waals surface area contributed by atoms with Crippen LogP contribution in [0.25, 0.3) is 10.8 Å². The molecule has 0 aliphatic carbocycles. The fourth-order valence-corrected chi connectivity index (χ4v) is 3.76. The number of nitrogens with zero attached hydrogens (tertiary/aromatic N) is 1. The molecule has 4 heteroatoms. The highest BCUT2D eigenvalue weighted by Crippen LogP contribution is 2.28. The molecule has 27 heavy (non-hydrogen) atoms. The number of rotatable bonds is 6. The lowest BCUT2D eigenvalue weighted by Crippen LogP contribution is -2.37. The van der Waals surface area contributed by atoms with E-state index in [-0.39, 0.29) is 5.60 Å². The van der Waals surface area contributed by atoms with Crippen LogP contribution in [-0.2, 0) is 0 Å². The molecule has 1 atom stereocenters. The maximum atomic E-state index is 6.22. The van der Waals surface area contributed by atoms with E-state index in [2.05, 4.69) is 48.2 Å². The van der Waals surface area contributed by atoms with Crippen molar-refractivity contribution < 1.29 is 9.47 Å². The topological polar surface area (TPSA) is 21.7 Å². The molecule has 0 bridgehead atoms. The van der Waals surface area contributed by atoms with E-state index in [0.717, 1.165) is 42.6 Å². The molecule has 1 heterocycles. The van der Waals surface area contributed by atoms with Crippen LogP contribution in [0.3, 0.4) is 0 Å². The summed E-state index contributed by atoms with van der Waals surface area (Å²) in [6, 6.07) is 22.2. The zero-order valence-electron chi connectivity index (χ0n) is 15.5. The van der Waals surface area contributed by atoms with Gasteiger partial charge in [-0.25, -0.2) is 0 Å². The van der Waals surface area contributed by atoms with E-state index in [1.165, 1.54) is 10.8 Å². The quantitative estimate of drug-likeness (QED) is 0.569. The van der Waals surface area contributed by atoms with Gasteiger partial charge in [0.15, 0.2) is 0 Å². The summed E-state index contributed by atoms with van der Waals surface area (Å²) >= 11 is 5.95. The van der Waals surface area contributed by atoms with E-state index in [0.29, 0.717) is 6.61 Å². The van der Waals surface area contributed by atoms with Crippen molar-refractivity contribution in [3.63, 3.8) is 0 Å². The molecule has 140 valence electrons. The highest BCUT2D eigenvalue weighted by molar-refractivity contribution is 6.30. The van der Waals surface area contributed by atoms with E-state index >= 15 is 0 Å². The first-order valence-electron chi connectivity index (χ1n) is 9.38. The van der Waals surface area contributed by atoms with Gasteiger partial charge in [-0.15, -0.1) is 0 Å². The van der Waals surface area contributed by atoms with E-state index in [4.69, 9.17) is 21.1 Å². The first-order chi connectivity index (χ1) is 13.1. The highest BCUT2D eigenvalue weighted by Gasteiger charge is 2.35. The molecule has 3 aromatic rings. The van der Waals surface area contributed by atoms with Crippen LogP contribution < -0.4 is 9.47 Å². The summed E-state index contributed by atoms with van der Waals surface area (Å²) in [5.74, 6) is 1.80. The molecule has 0 radical (unpaired) electrons. The second-order valence-electron chi connectivity index (χ2n) is 7.39. The van der Waals surface area contributed by atoms with Gasteiger partial charge in [-0.1, -0.05) is 41.9 Å². The minimum Gasteiger partial charge on any atom is -0.492 e. The highest BCUT2D eigenvalue weighted by atomic mass is 35.5. The Balaban J connectivity index is 1.28. The molecule has 1 aliphatic heterocycles. The van der Waals surface area contributed by atoms with Crippen LogP contribution in [-0.4, -0.2) is 36.7 Å². The van der Waals surface area contributed by atoms with E-state index < -0.39 is 0 Å². The summed E-state index contributed by atoms with van der Waals surface area (Å²) in [7, 11) is 0. The second kappa shape index (κ2) is 7.79. The lowest BCUT2D eigenvalue weighted by Gasteiger charge is -2.26. The molecule has 3 aromatic carbocycles. The largest absolute Gasteiger partial charge is 0.492 e. The zero-order valence-corrected chi connectivity index (χ0v) is 16.3.